The lowest BCUT2D eigenvalue weighted by Crippen LogP contribution is -2.07. The summed E-state index contributed by atoms with van der Waals surface area (Å²) in [5, 5.41) is 4.49. The maximum Gasteiger partial charge on any atom is 0.0696 e. The molecule has 0 bridgehead atoms. The Morgan fingerprint density at radius 3 is 2.50 bits per heavy atom. The normalized spacial score (nSPS) is 10.8. The third-order valence-corrected chi connectivity index (χ3v) is 2.70. The summed E-state index contributed by atoms with van der Waals surface area (Å²) < 4.78 is 1.96. The summed E-state index contributed by atoms with van der Waals surface area (Å²) in [5.41, 5.74) is 11.4. The number of rotatable bonds is 2. The highest BCUT2D eigenvalue weighted by Gasteiger charge is 2.08. The number of nitrogens with two attached hydrogens (primary N) is 1. The highest BCUT2D eigenvalue weighted by molar-refractivity contribution is 5.44. The molecule has 1 heterocycles. The predicted octanol–water partition coefficient (Wildman–Crippen LogP) is 2.26. The Morgan fingerprint density at radius 2 is 1.94 bits per heavy atom. The molecule has 2 rings (SSSR count). The Hall–Kier alpha value is -1.61. The van der Waals surface area contributed by atoms with E-state index in [1.165, 1.54) is 5.56 Å². The van der Waals surface area contributed by atoms with Gasteiger partial charge in [-0.25, -0.2) is 4.68 Å². The topological polar surface area (TPSA) is 43.8 Å². The van der Waals surface area contributed by atoms with Gasteiger partial charge in [-0.15, -0.1) is 0 Å². The second-order valence-electron chi connectivity index (χ2n) is 4.18. The van der Waals surface area contributed by atoms with Crippen LogP contribution in [0.2, 0.25) is 0 Å². The Morgan fingerprint density at radius 1 is 1.19 bits per heavy atom. The van der Waals surface area contributed by atoms with Crippen molar-refractivity contribution in [3.05, 3.63) is 46.8 Å². The van der Waals surface area contributed by atoms with E-state index >= 15 is 0 Å². The van der Waals surface area contributed by atoms with Crippen LogP contribution in [0.1, 0.15) is 22.5 Å². The van der Waals surface area contributed by atoms with Gasteiger partial charge in [0.15, 0.2) is 0 Å². The molecule has 0 atom stereocenters. The van der Waals surface area contributed by atoms with Crippen LogP contribution in [0.15, 0.2) is 24.3 Å². The Labute approximate surface area is 95.9 Å². The van der Waals surface area contributed by atoms with Crippen LogP contribution in [-0.4, -0.2) is 9.78 Å². The molecule has 0 aliphatic heterocycles. The van der Waals surface area contributed by atoms with Crippen LogP contribution in [0.25, 0.3) is 5.69 Å². The second kappa shape index (κ2) is 4.10. The fraction of sp³-hybridized carbons (Fsp3) is 0.308. The van der Waals surface area contributed by atoms with Gasteiger partial charge in [0.2, 0.25) is 0 Å². The molecule has 16 heavy (non-hydrogen) atoms. The molecule has 0 aliphatic carbocycles. The van der Waals surface area contributed by atoms with Crippen LogP contribution in [0.3, 0.4) is 0 Å². The SMILES string of the molecule is Cc1ccc(CN)c(-n2nc(C)cc2C)c1. The number of nitrogens with zero attached hydrogens (tertiary/aromatic N) is 2. The first kappa shape index (κ1) is 10.9. The number of aromatic nitrogens is 2. The van der Waals surface area contributed by atoms with Crippen LogP contribution in [0, 0.1) is 20.8 Å². The van der Waals surface area contributed by atoms with Gasteiger partial charge in [-0.1, -0.05) is 12.1 Å². The van der Waals surface area contributed by atoms with E-state index in [-0.39, 0.29) is 0 Å². The molecule has 0 saturated heterocycles. The molecule has 0 radical (unpaired) electrons. The van der Waals surface area contributed by atoms with E-state index < -0.39 is 0 Å². The molecule has 2 N–H and O–H groups in total. The molecule has 3 nitrogen and oxygen atoms in total. The quantitative estimate of drug-likeness (QED) is 0.835. The van der Waals surface area contributed by atoms with Crippen LogP contribution >= 0.6 is 0 Å². The molecule has 1 aromatic heterocycles. The van der Waals surface area contributed by atoms with Crippen molar-refractivity contribution < 1.29 is 0 Å². The van der Waals surface area contributed by atoms with E-state index in [1.807, 2.05) is 11.6 Å². The fourth-order valence-electron chi connectivity index (χ4n) is 1.92. The van der Waals surface area contributed by atoms with Crippen molar-refractivity contribution in [2.75, 3.05) is 0 Å². The maximum atomic E-state index is 5.75. The average Bonchev–Trinajstić information content (AvgIpc) is 2.57. The maximum absolute atomic E-state index is 5.75. The van der Waals surface area contributed by atoms with Gasteiger partial charge in [-0.2, -0.15) is 5.10 Å². The summed E-state index contributed by atoms with van der Waals surface area (Å²) in [5.74, 6) is 0. The molecule has 0 unspecified atom stereocenters. The van der Waals surface area contributed by atoms with Gasteiger partial charge in [0.05, 0.1) is 11.4 Å². The van der Waals surface area contributed by atoms with Crippen molar-refractivity contribution in [3.63, 3.8) is 0 Å². The highest BCUT2D eigenvalue weighted by atomic mass is 15.3. The molecule has 0 fully saturated rings. The van der Waals surface area contributed by atoms with Crippen LogP contribution in [0.5, 0.6) is 0 Å². The summed E-state index contributed by atoms with van der Waals surface area (Å²) in [7, 11) is 0. The number of hydrogen-bond acceptors (Lipinski definition) is 2. The van der Waals surface area contributed by atoms with E-state index in [1.54, 1.807) is 0 Å². The van der Waals surface area contributed by atoms with Gasteiger partial charge >= 0.3 is 0 Å². The van der Waals surface area contributed by atoms with Gasteiger partial charge in [-0.05, 0) is 44.0 Å². The average molecular weight is 215 g/mol. The van der Waals surface area contributed by atoms with Crippen molar-refractivity contribution in [1.82, 2.24) is 9.78 Å². The van der Waals surface area contributed by atoms with E-state index in [4.69, 9.17) is 5.73 Å². The summed E-state index contributed by atoms with van der Waals surface area (Å²) in [6.45, 7) is 6.67. The predicted molar refractivity (Wildman–Crippen MR) is 65.7 cm³/mol. The molecule has 84 valence electrons. The van der Waals surface area contributed by atoms with Crippen molar-refractivity contribution in [2.45, 2.75) is 27.3 Å². The molecule has 0 amide bonds. The Kier molecular flexibility index (Phi) is 2.79. The zero-order valence-electron chi connectivity index (χ0n) is 9.99. The summed E-state index contributed by atoms with van der Waals surface area (Å²) in [4.78, 5) is 0. The van der Waals surface area contributed by atoms with Gasteiger partial charge < -0.3 is 5.73 Å². The summed E-state index contributed by atoms with van der Waals surface area (Å²) in [6.07, 6.45) is 0. The molecular formula is C13H17N3. The lowest BCUT2D eigenvalue weighted by molar-refractivity contribution is 0.816. The van der Waals surface area contributed by atoms with Gasteiger partial charge in [0.25, 0.3) is 0 Å². The molecule has 2 aromatic rings. The lowest BCUT2D eigenvalue weighted by Gasteiger charge is -2.10. The first-order valence-corrected chi connectivity index (χ1v) is 5.45. The third-order valence-electron chi connectivity index (χ3n) is 2.70. The molecule has 0 saturated carbocycles. The van der Waals surface area contributed by atoms with Gasteiger partial charge in [-0.3, -0.25) is 0 Å². The Bertz CT molecular complexity index is 512. The standard InChI is InChI=1S/C13H17N3/c1-9-4-5-12(8-14)13(6-9)16-11(3)7-10(2)15-16/h4-7H,8,14H2,1-3H3. The smallest absolute Gasteiger partial charge is 0.0696 e. The van der Waals surface area contributed by atoms with Crippen LogP contribution < -0.4 is 5.73 Å². The second-order valence-corrected chi connectivity index (χ2v) is 4.18. The van der Waals surface area contributed by atoms with E-state index in [0.717, 1.165) is 22.6 Å². The van der Waals surface area contributed by atoms with Gasteiger partial charge in [0.1, 0.15) is 0 Å². The van der Waals surface area contributed by atoms with E-state index in [0.29, 0.717) is 6.54 Å². The molecule has 0 spiro atoms. The highest BCUT2D eigenvalue weighted by Crippen LogP contribution is 2.18. The lowest BCUT2D eigenvalue weighted by atomic mass is 10.1. The summed E-state index contributed by atoms with van der Waals surface area (Å²) in [6, 6.07) is 8.35. The zero-order chi connectivity index (χ0) is 11.7. The molecule has 1 aromatic carbocycles. The first-order chi connectivity index (χ1) is 7.61. The minimum Gasteiger partial charge on any atom is -0.326 e. The van der Waals surface area contributed by atoms with Crippen molar-refractivity contribution in [3.8, 4) is 5.69 Å². The van der Waals surface area contributed by atoms with Crippen molar-refractivity contribution >= 4 is 0 Å². The first-order valence-electron chi connectivity index (χ1n) is 5.45. The summed E-state index contributed by atoms with van der Waals surface area (Å²) >= 11 is 0. The van der Waals surface area contributed by atoms with Gasteiger partial charge in [0, 0.05) is 12.2 Å². The fourth-order valence-corrected chi connectivity index (χ4v) is 1.92. The monoisotopic (exact) mass is 215 g/mol. The minimum absolute atomic E-state index is 0.536. The van der Waals surface area contributed by atoms with E-state index in [9.17, 15) is 0 Å². The number of benzene rings is 1. The van der Waals surface area contributed by atoms with Crippen LogP contribution in [0.4, 0.5) is 0 Å². The number of hydrogen-bond donors (Lipinski definition) is 1. The molecule has 0 aliphatic rings. The third kappa shape index (κ3) is 1.86. The van der Waals surface area contributed by atoms with Crippen molar-refractivity contribution in [1.29, 1.82) is 0 Å². The molecule has 3 heteroatoms. The van der Waals surface area contributed by atoms with E-state index in [2.05, 4.69) is 43.2 Å². The molecular weight excluding hydrogens is 198 g/mol. The Balaban J connectivity index is 2.62. The van der Waals surface area contributed by atoms with Crippen molar-refractivity contribution in [2.24, 2.45) is 5.73 Å². The zero-order valence-corrected chi connectivity index (χ0v) is 9.99. The largest absolute Gasteiger partial charge is 0.326 e. The minimum atomic E-state index is 0.536. The van der Waals surface area contributed by atoms with Crippen LogP contribution in [-0.2, 0) is 6.54 Å². The number of aryl methyl sites for hydroxylation is 3.